The van der Waals surface area contributed by atoms with Crippen molar-refractivity contribution in [2.24, 2.45) is 10.7 Å². The molecule has 2 rings (SSSR count). The number of nitrogens with two attached hydrogens (primary N) is 1. The highest BCUT2D eigenvalue weighted by molar-refractivity contribution is 5.92. The van der Waals surface area contributed by atoms with Gasteiger partial charge in [-0.05, 0) is 54.8 Å². The summed E-state index contributed by atoms with van der Waals surface area (Å²) in [5, 5.41) is 3.04. The second-order valence-electron chi connectivity index (χ2n) is 5.17. The smallest absolute Gasteiger partial charge is 0.193 e. The number of ether oxygens (including phenoxy) is 1. The summed E-state index contributed by atoms with van der Waals surface area (Å²) < 4.78 is 18.5. The first-order valence-electron chi connectivity index (χ1n) is 6.95. The molecule has 0 aromatic heterocycles. The molecule has 5 heteroatoms. The van der Waals surface area contributed by atoms with Crippen molar-refractivity contribution in [1.82, 2.24) is 0 Å². The lowest BCUT2D eigenvalue weighted by atomic mass is 10.1. The molecule has 0 bridgehead atoms. The van der Waals surface area contributed by atoms with Crippen LogP contribution in [-0.4, -0.2) is 13.1 Å². The molecule has 0 aliphatic rings. The number of benzene rings is 2. The molecule has 116 valence electrons. The molecule has 0 atom stereocenters. The number of guanidine groups is 1. The van der Waals surface area contributed by atoms with Crippen molar-refractivity contribution in [3.05, 3.63) is 58.9 Å². The molecule has 0 unspecified atom stereocenters. The average Bonchev–Trinajstić information content (AvgIpc) is 2.44. The SMILES string of the molecule is COc1ccc(CN=C(N)Nc2cc(C)cc(C)c2)cc1F. The van der Waals surface area contributed by atoms with E-state index >= 15 is 0 Å². The van der Waals surface area contributed by atoms with Gasteiger partial charge in [0, 0.05) is 5.69 Å². The molecular weight excluding hydrogens is 281 g/mol. The van der Waals surface area contributed by atoms with Gasteiger partial charge in [0.25, 0.3) is 0 Å². The van der Waals surface area contributed by atoms with Gasteiger partial charge in [-0.1, -0.05) is 12.1 Å². The zero-order valence-corrected chi connectivity index (χ0v) is 13.0. The van der Waals surface area contributed by atoms with Crippen LogP contribution >= 0.6 is 0 Å². The summed E-state index contributed by atoms with van der Waals surface area (Å²) in [5.41, 5.74) is 9.77. The van der Waals surface area contributed by atoms with E-state index in [4.69, 9.17) is 10.5 Å². The van der Waals surface area contributed by atoms with E-state index in [9.17, 15) is 4.39 Å². The van der Waals surface area contributed by atoms with Gasteiger partial charge in [-0.2, -0.15) is 0 Å². The molecule has 22 heavy (non-hydrogen) atoms. The van der Waals surface area contributed by atoms with Crippen LogP contribution in [0.2, 0.25) is 0 Å². The molecule has 0 aliphatic heterocycles. The van der Waals surface area contributed by atoms with E-state index in [1.807, 2.05) is 26.0 Å². The van der Waals surface area contributed by atoms with Gasteiger partial charge in [-0.15, -0.1) is 0 Å². The molecule has 0 radical (unpaired) electrons. The summed E-state index contributed by atoms with van der Waals surface area (Å²) in [4.78, 5) is 4.22. The summed E-state index contributed by atoms with van der Waals surface area (Å²) >= 11 is 0. The van der Waals surface area contributed by atoms with Gasteiger partial charge in [0.2, 0.25) is 0 Å². The van der Waals surface area contributed by atoms with Gasteiger partial charge in [-0.3, -0.25) is 0 Å². The first-order valence-corrected chi connectivity index (χ1v) is 6.95. The topological polar surface area (TPSA) is 59.6 Å². The molecule has 0 amide bonds. The summed E-state index contributed by atoms with van der Waals surface area (Å²) in [7, 11) is 1.43. The van der Waals surface area contributed by atoms with Crippen molar-refractivity contribution < 1.29 is 9.13 Å². The highest BCUT2D eigenvalue weighted by Gasteiger charge is 2.03. The minimum Gasteiger partial charge on any atom is -0.494 e. The number of anilines is 1. The van der Waals surface area contributed by atoms with Gasteiger partial charge in [0.05, 0.1) is 13.7 Å². The Morgan fingerprint density at radius 3 is 2.45 bits per heavy atom. The minimum atomic E-state index is -0.406. The molecule has 2 aromatic rings. The molecule has 0 aliphatic carbocycles. The second-order valence-corrected chi connectivity index (χ2v) is 5.17. The van der Waals surface area contributed by atoms with Gasteiger partial charge in [-0.25, -0.2) is 9.38 Å². The van der Waals surface area contributed by atoms with Crippen LogP contribution in [0.4, 0.5) is 10.1 Å². The van der Waals surface area contributed by atoms with E-state index in [-0.39, 0.29) is 5.75 Å². The van der Waals surface area contributed by atoms with Crippen molar-refractivity contribution >= 4 is 11.6 Å². The summed E-state index contributed by atoms with van der Waals surface area (Å²) in [6.07, 6.45) is 0. The number of hydrogen-bond acceptors (Lipinski definition) is 2. The third kappa shape index (κ3) is 4.22. The van der Waals surface area contributed by atoms with E-state index in [2.05, 4.69) is 16.4 Å². The first kappa shape index (κ1) is 15.8. The Hall–Kier alpha value is -2.56. The van der Waals surface area contributed by atoms with Crippen LogP contribution in [-0.2, 0) is 6.54 Å². The highest BCUT2D eigenvalue weighted by atomic mass is 19.1. The van der Waals surface area contributed by atoms with Crippen molar-refractivity contribution in [1.29, 1.82) is 0 Å². The number of methoxy groups -OCH3 is 1. The third-order valence-electron chi connectivity index (χ3n) is 3.14. The molecule has 0 saturated heterocycles. The normalized spacial score (nSPS) is 11.4. The van der Waals surface area contributed by atoms with E-state index in [0.29, 0.717) is 12.5 Å². The number of halogens is 1. The number of aliphatic imine (C=N–C) groups is 1. The maximum atomic E-state index is 13.6. The number of nitrogens with one attached hydrogen (secondary N) is 1. The van der Waals surface area contributed by atoms with Crippen LogP contribution in [0.15, 0.2) is 41.4 Å². The Morgan fingerprint density at radius 2 is 1.86 bits per heavy atom. The van der Waals surface area contributed by atoms with Crippen LogP contribution in [0.5, 0.6) is 5.75 Å². The fourth-order valence-electron chi connectivity index (χ4n) is 2.22. The highest BCUT2D eigenvalue weighted by Crippen LogP contribution is 2.18. The van der Waals surface area contributed by atoms with Gasteiger partial charge in [0.1, 0.15) is 0 Å². The number of rotatable bonds is 4. The lowest BCUT2D eigenvalue weighted by Crippen LogP contribution is -2.22. The first-order chi connectivity index (χ1) is 10.5. The van der Waals surface area contributed by atoms with Gasteiger partial charge in [0.15, 0.2) is 17.5 Å². The van der Waals surface area contributed by atoms with Crippen LogP contribution < -0.4 is 15.8 Å². The monoisotopic (exact) mass is 301 g/mol. The van der Waals surface area contributed by atoms with Crippen LogP contribution in [0.1, 0.15) is 16.7 Å². The Kier molecular flexibility index (Phi) is 4.99. The van der Waals surface area contributed by atoms with E-state index < -0.39 is 5.82 Å². The van der Waals surface area contributed by atoms with Crippen molar-refractivity contribution in [3.63, 3.8) is 0 Å². The summed E-state index contributed by atoms with van der Waals surface area (Å²) in [5.74, 6) is 0.103. The lowest BCUT2D eigenvalue weighted by Gasteiger charge is -2.08. The number of hydrogen-bond donors (Lipinski definition) is 2. The molecule has 0 saturated carbocycles. The number of aryl methyl sites for hydroxylation is 2. The molecule has 4 nitrogen and oxygen atoms in total. The molecular formula is C17H20FN3O. The fraction of sp³-hybridized carbons (Fsp3) is 0.235. The van der Waals surface area contributed by atoms with Crippen LogP contribution in [0.3, 0.4) is 0 Å². The fourth-order valence-corrected chi connectivity index (χ4v) is 2.22. The van der Waals surface area contributed by atoms with E-state index in [0.717, 1.165) is 22.4 Å². The van der Waals surface area contributed by atoms with Gasteiger partial charge < -0.3 is 15.8 Å². The Labute approximate surface area is 129 Å². The standard InChI is InChI=1S/C17H20FN3O/c1-11-6-12(2)8-14(7-11)21-17(19)20-10-13-4-5-16(22-3)15(18)9-13/h4-9H,10H2,1-3H3,(H3,19,20,21). The summed E-state index contributed by atoms with van der Waals surface area (Å²) in [6.45, 7) is 4.34. The largest absolute Gasteiger partial charge is 0.494 e. The molecule has 0 heterocycles. The maximum absolute atomic E-state index is 13.6. The van der Waals surface area contributed by atoms with Crippen LogP contribution in [0, 0.1) is 19.7 Å². The maximum Gasteiger partial charge on any atom is 0.193 e. The Morgan fingerprint density at radius 1 is 1.18 bits per heavy atom. The lowest BCUT2D eigenvalue weighted by molar-refractivity contribution is 0.386. The second kappa shape index (κ2) is 6.93. The summed E-state index contributed by atoms with van der Waals surface area (Å²) in [6, 6.07) is 10.8. The van der Waals surface area contributed by atoms with Crippen molar-refractivity contribution in [2.75, 3.05) is 12.4 Å². The number of nitrogens with zero attached hydrogens (tertiary/aromatic N) is 1. The minimum absolute atomic E-state index is 0.217. The quantitative estimate of drug-likeness (QED) is 0.672. The predicted molar refractivity (Wildman–Crippen MR) is 87.8 cm³/mol. The Bertz CT molecular complexity index is 678. The van der Waals surface area contributed by atoms with Gasteiger partial charge >= 0.3 is 0 Å². The average molecular weight is 301 g/mol. The van der Waals surface area contributed by atoms with Crippen molar-refractivity contribution in [3.8, 4) is 5.75 Å². The molecule has 0 fully saturated rings. The van der Waals surface area contributed by atoms with E-state index in [1.54, 1.807) is 12.1 Å². The van der Waals surface area contributed by atoms with Crippen LogP contribution in [0.25, 0.3) is 0 Å². The zero-order valence-electron chi connectivity index (χ0n) is 13.0. The molecule has 2 aromatic carbocycles. The molecule has 3 N–H and O–H groups in total. The molecule has 0 spiro atoms. The zero-order chi connectivity index (χ0) is 16.1. The Balaban J connectivity index is 2.04. The third-order valence-corrected chi connectivity index (χ3v) is 3.14. The van der Waals surface area contributed by atoms with E-state index in [1.165, 1.54) is 13.2 Å². The van der Waals surface area contributed by atoms with Crippen molar-refractivity contribution in [2.45, 2.75) is 20.4 Å². The predicted octanol–water partition coefficient (Wildman–Crippen LogP) is 3.38.